The van der Waals surface area contributed by atoms with Crippen molar-refractivity contribution in [3.8, 4) is 0 Å². The van der Waals surface area contributed by atoms with Crippen LogP contribution in [0.15, 0.2) is 24.3 Å². The molecule has 0 aliphatic carbocycles. The molecule has 1 unspecified atom stereocenters. The number of anilines is 1. The first-order valence-electron chi connectivity index (χ1n) is 7.78. The van der Waals surface area contributed by atoms with Crippen molar-refractivity contribution in [2.75, 3.05) is 11.9 Å². The lowest BCUT2D eigenvalue weighted by atomic mass is 10.1. The second-order valence-corrected chi connectivity index (χ2v) is 5.76. The molecule has 1 atom stereocenters. The summed E-state index contributed by atoms with van der Waals surface area (Å²) >= 11 is 0. The third-order valence-corrected chi connectivity index (χ3v) is 4.05. The van der Waals surface area contributed by atoms with Crippen molar-refractivity contribution in [3.05, 3.63) is 46.8 Å². The first-order valence-corrected chi connectivity index (χ1v) is 7.78. The molecule has 3 rings (SSSR count). The Kier molecular flexibility index (Phi) is 4.48. The van der Waals surface area contributed by atoms with Crippen LogP contribution in [0.1, 0.15) is 40.3 Å². The number of hydrogen-bond donors (Lipinski definition) is 5. The predicted octanol–water partition coefficient (Wildman–Crippen LogP) is 1.04. The molecule has 8 heteroatoms. The highest BCUT2D eigenvalue weighted by atomic mass is 16.2. The van der Waals surface area contributed by atoms with E-state index in [4.69, 9.17) is 5.73 Å². The van der Waals surface area contributed by atoms with Gasteiger partial charge in [0.15, 0.2) is 5.69 Å². The Morgan fingerprint density at radius 3 is 2.75 bits per heavy atom. The van der Waals surface area contributed by atoms with Crippen molar-refractivity contribution in [3.63, 3.8) is 0 Å². The van der Waals surface area contributed by atoms with Gasteiger partial charge in [0.25, 0.3) is 5.91 Å². The zero-order valence-corrected chi connectivity index (χ0v) is 13.3. The van der Waals surface area contributed by atoms with Crippen LogP contribution in [-0.4, -0.2) is 28.7 Å². The normalized spacial score (nSPS) is 14.5. The van der Waals surface area contributed by atoms with Gasteiger partial charge < -0.3 is 21.7 Å². The first-order chi connectivity index (χ1) is 11.5. The number of aromatic amines is 1. The highest BCUT2D eigenvalue weighted by Gasteiger charge is 2.22. The SMILES string of the molecule is CC(NC(=O)c1n[nH]c2c1CNCC2)c1ccc(NC(N)=O)cc1. The Balaban J connectivity index is 1.68. The van der Waals surface area contributed by atoms with Crippen LogP contribution in [0, 0.1) is 0 Å². The lowest BCUT2D eigenvalue weighted by molar-refractivity contribution is 0.0933. The molecule has 0 saturated carbocycles. The largest absolute Gasteiger partial charge is 0.351 e. The number of H-pyrrole nitrogens is 1. The molecule has 0 bridgehead atoms. The molecule has 0 saturated heterocycles. The number of hydrogen-bond acceptors (Lipinski definition) is 4. The van der Waals surface area contributed by atoms with Crippen molar-refractivity contribution in [2.45, 2.75) is 25.9 Å². The number of carbonyl (C=O) groups is 2. The van der Waals surface area contributed by atoms with E-state index >= 15 is 0 Å². The van der Waals surface area contributed by atoms with E-state index in [9.17, 15) is 9.59 Å². The van der Waals surface area contributed by atoms with Crippen molar-refractivity contribution in [1.29, 1.82) is 0 Å². The molecule has 24 heavy (non-hydrogen) atoms. The fourth-order valence-electron chi connectivity index (χ4n) is 2.76. The maximum Gasteiger partial charge on any atom is 0.316 e. The highest BCUT2D eigenvalue weighted by molar-refractivity contribution is 5.94. The van der Waals surface area contributed by atoms with Crippen LogP contribution in [0.4, 0.5) is 10.5 Å². The number of aromatic nitrogens is 2. The lowest BCUT2D eigenvalue weighted by Crippen LogP contribution is -2.30. The van der Waals surface area contributed by atoms with Crippen LogP contribution in [0.3, 0.4) is 0 Å². The minimum Gasteiger partial charge on any atom is -0.351 e. The number of rotatable bonds is 4. The van der Waals surface area contributed by atoms with Gasteiger partial charge in [0.2, 0.25) is 0 Å². The summed E-state index contributed by atoms with van der Waals surface area (Å²) in [5.74, 6) is -0.206. The lowest BCUT2D eigenvalue weighted by Gasteiger charge is -2.16. The fraction of sp³-hybridized carbons (Fsp3) is 0.312. The third kappa shape index (κ3) is 3.38. The number of fused-ring (bicyclic) bond motifs is 1. The van der Waals surface area contributed by atoms with Crippen LogP contribution in [0.2, 0.25) is 0 Å². The van der Waals surface area contributed by atoms with Gasteiger partial charge in [0, 0.05) is 36.5 Å². The molecule has 3 amide bonds. The van der Waals surface area contributed by atoms with E-state index in [0.29, 0.717) is 17.9 Å². The Morgan fingerprint density at radius 2 is 2.04 bits per heavy atom. The molecule has 6 N–H and O–H groups in total. The van der Waals surface area contributed by atoms with E-state index in [1.165, 1.54) is 0 Å². The van der Waals surface area contributed by atoms with Gasteiger partial charge in [-0.2, -0.15) is 5.10 Å². The highest BCUT2D eigenvalue weighted by Crippen LogP contribution is 2.19. The molecule has 0 fully saturated rings. The second kappa shape index (κ2) is 6.71. The van der Waals surface area contributed by atoms with E-state index in [1.54, 1.807) is 12.1 Å². The summed E-state index contributed by atoms with van der Waals surface area (Å²) < 4.78 is 0. The summed E-state index contributed by atoms with van der Waals surface area (Å²) in [5.41, 5.74) is 9.00. The summed E-state index contributed by atoms with van der Waals surface area (Å²) in [6.07, 6.45) is 0.847. The molecule has 1 aromatic carbocycles. The van der Waals surface area contributed by atoms with Crippen molar-refractivity contribution < 1.29 is 9.59 Å². The Labute approximate surface area is 139 Å². The number of nitrogens with zero attached hydrogens (tertiary/aromatic N) is 1. The van der Waals surface area contributed by atoms with Gasteiger partial charge in [-0.05, 0) is 24.6 Å². The van der Waals surface area contributed by atoms with Gasteiger partial charge in [0.1, 0.15) is 0 Å². The van der Waals surface area contributed by atoms with E-state index in [1.807, 2.05) is 19.1 Å². The molecule has 2 aromatic rings. The average Bonchev–Trinajstić information content (AvgIpc) is 2.99. The average molecular weight is 328 g/mol. The van der Waals surface area contributed by atoms with Crippen molar-refractivity contribution in [2.24, 2.45) is 5.73 Å². The van der Waals surface area contributed by atoms with E-state index < -0.39 is 6.03 Å². The maximum absolute atomic E-state index is 12.5. The number of carbonyl (C=O) groups excluding carboxylic acids is 2. The minimum absolute atomic E-state index is 0.191. The summed E-state index contributed by atoms with van der Waals surface area (Å²) in [5, 5.41) is 15.8. The summed E-state index contributed by atoms with van der Waals surface area (Å²) in [6.45, 7) is 3.43. The monoisotopic (exact) mass is 328 g/mol. The predicted molar refractivity (Wildman–Crippen MR) is 89.5 cm³/mol. The third-order valence-electron chi connectivity index (χ3n) is 4.05. The molecule has 1 aliphatic heterocycles. The molecule has 0 spiro atoms. The molecule has 1 aliphatic rings. The molecule has 2 heterocycles. The smallest absolute Gasteiger partial charge is 0.316 e. The Bertz CT molecular complexity index is 752. The number of nitrogens with two attached hydrogens (primary N) is 1. The molecule has 0 radical (unpaired) electrons. The van der Waals surface area contributed by atoms with Gasteiger partial charge in [-0.1, -0.05) is 12.1 Å². The van der Waals surface area contributed by atoms with Crippen LogP contribution in [-0.2, 0) is 13.0 Å². The number of nitrogens with one attached hydrogen (secondary N) is 4. The van der Waals surface area contributed by atoms with Crippen LogP contribution < -0.4 is 21.7 Å². The summed E-state index contributed by atoms with van der Waals surface area (Å²) in [4.78, 5) is 23.3. The Morgan fingerprint density at radius 1 is 1.29 bits per heavy atom. The second-order valence-electron chi connectivity index (χ2n) is 5.76. The minimum atomic E-state index is -0.610. The quantitative estimate of drug-likeness (QED) is 0.575. The summed E-state index contributed by atoms with van der Waals surface area (Å²) in [7, 11) is 0. The zero-order valence-electron chi connectivity index (χ0n) is 13.3. The number of benzene rings is 1. The fourth-order valence-corrected chi connectivity index (χ4v) is 2.76. The van der Waals surface area contributed by atoms with Gasteiger partial charge in [0.05, 0.1) is 6.04 Å². The van der Waals surface area contributed by atoms with E-state index in [-0.39, 0.29) is 11.9 Å². The van der Waals surface area contributed by atoms with Crippen molar-refractivity contribution in [1.82, 2.24) is 20.8 Å². The van der Waals surface area contributed by atoms with Gasteiger partial charge in [-0.25, -0.2) is 4.79 Å². The first kappa shape index (κ1) is 16.0. The molecule has 126 valence electrons. The molecule has 1 aromatic heterocycles. The summed E-state index contributed by atoms with van der Waals surface area (Å²) in [6, 6.07) is 6.34. The van der Waals surface area contributed by atoms with Crippen molar-refractivity contribution >= 4 is 17.6 Å². The molecular formula is C16H20N6O2. The standard InChI is InChI=1S/C16H20N6O2/c1-9(10-2-4-11(5-3-10)20-16(17)24)19-15(23)14-12-8-18-7-6-13(12)21-22-14/h2-5,9,18H,6-8H2,1H3,(H,19,23)(H,21,22)(H3,17,20,24). The molecule has 8 nitrogen and oxygen atoms in total. The molecular weight excluding hydrogens is 308 g/mol. The van der Waals surface area contributed by atoms with Crippen LogP contribution in [0.25, 0.3) is 0 Å². The topological polar surface area (TPSA) is 125 Å². The number of urea groups is 1. The zero-order chi connectivity index (χ0) is 17.1. The van der Waals surface area contributed by atoms with Crippen LogP contribution in [0.5, 0.6) is 0 Å². The van der Waals surface area contributed by atoms with Gasteiger partial charge in [-0.15, -0.1) is 0 Å². The van der Waals surface area contributed by atoms with Crippen LogP contribution >= 0.6 is 0 Å². The Hall–Kier alpha value is -2.87. The van der Waals surface area contributed by atoms with Gasteiger partial charge >= 0.3 is 6.03 Å². The van der Waals surface area contributed by atoms with E-state index in [0.717, 1.165) is 29.8 Å². The van der Waals surface area contributed by atoms with E-state index in [2.05, 4.69) is 26.1 Å². The maximum atomic E-state index is 12.5. The number of amides is 3. The number of primary amides is 1. The van der Waals surface area contributed by atoms with Gasteiger partial charge in [-0.3, -0.25) is 9.89 Å².